The molecule has 1 saturated heterocycles. The van der Waals surface area contributed by atoms with E-state index in [2.05, 4.69) is 19.9 Å². The summed E-state index contributed by atoms with van der Waals surface area (Å²) < 4.78 is 15.9. The minimum atomic E-state index is 0.106. The van der Waals surface area contributed by atoms with Gasteiger partial charge in [-0.3, -0.25) is 0 Å². The highest BCUT2D eigenvalue weighted by Crippen LogP contribution is 2.24. The maximum Gasteiger partial charge on any atom is 0.147 e. The van der Waals surface area contributed by atoms with Gasteiger partial charge in [0.05, 0.1) is 18.8 Å². The van der Waals surface area contributed by atoms with Crippen molar-refractivity contribution >= 4 is 0 Å². The summed E-state index contributed by atoms with van der Waals surface area (Å²) >= 11 is 0. The Bertz CT molecular complexity index is 211. The van der Waals surface area contributed by atoms with Gasteiger partial charge < -0.3 is 14.2 Å². The standard InChI is InChI=1S/C12H22O3/c1-9(2)12-6-11(7-14-12)5-10(3)15-8-13-4/h5,9-10,12H,6-8H2,1-4H3/b11-5+/t10-,12-/m1/s1. The Morgan fingerprint density at radius 2 is 2.20 bits per heavy atom. The first-order valence-corrected chi connectivity index (χ1v) is 5.55. The summed E-state index contributed by atoms with van der Waals surface area (Å²) in [7, 11) is 1.63. The van der Waals surface area contributed by atoms with Gasteiger partial charge >= 0.3 is 0 Å². The predicted molar refractivity (Wildman–Crippen MR) is 59.7 cm³/mol. The molecule has 0 N–H and O–H groups in total. The smallest absolute Gasteiger partial charge is 0.147 e. The highest BCUT2D eigenvalue weighted by Gasteiger charge is 2.23. The molecule has 15 heavy (non-hydrogen) atoms. The molecular weight excluding hydrogens is 192 g/mol. The van der Waals surface area contributed by atoms with Crippen molar-refractivity contribution < 1.29 is 14.2 Å². The molecule has 1 aliphatic heterocycles. The van der Waals surface area contributed by atoms with Crippen LogP contribution in [-0.2, 0) is 14.2 Å². The summed E-state index contributed by atoms with van der Waals surface area (Å²) in [6.45, 7) is 7.51. The minimum Gasteiger partial charge on any atom is -0.373 e. The first-order chi connectivity index (χ1) is 7.13. The molecule has 0 unspecified atom stereocenters. The van der Waals surface area contributed by atoms with Crippen molar-refractivity contribution in [2.45, 2.75) is 39.4 Å². The SMILES string of the molecule is COCO[C@H](C)/C=C1/CO[C@@H](C(C)C)C1. The summed E-state index contributed by atoms with van der Waals surface area (Å²) in [6, 6.07) is 0. The number of hydrogen-bond acceptors (Lipinski definition) is 3. The summed E-state index contributed by atoms with van der Waals surface area (Å²) in [5, 5.41) is 0. The molecule has 1 fully saturated rings. The van der Waals surface area contributed by atoms with Crippen molar-refractivity contribution in [2.75, 3.05) is 20.5 Å². The van der Waals surface area contributed by atoms with Gasteiger partial charge in [0, 0.05) is 7.11 Å². The van der Waals surface area contributed by atoms with Crippen molar-refractivity contribution in [1.82, 2.24) is 0 Å². The zero-order valence-corrected chi connectivity index (χ0v) is 10.2. The number of rotatable bonds is 5. The van der Waals surface area contributed by atoms with Gasteiger partial charge in [0.15, 0.2) is 0 Å². The second-order valence-electron chi connectivity index (χ2n) is 4.40. The lowest BCUT2D eigenvalue weighted by atomic mass is 10.0. The maximum atomic E-state index is 5.68. The number of methoxy groups -OCH3 is 1. The van der Waals surface area contributed by atoms with Crippen LogP contribution in [0.1, 0.15) is 27.2 Å². The highest BCUT2D eigenvalue weighted by molar-refractivity contribution is 5.10. The van der Waals surface area contributed by atoms with Gasteiger partial charge in [0.2, 0.25) is 0 Å². The average molecular weight is 214 g/mol. The topological polar surface area (TPSA) is 27.7 Å². The Balaban J connectivity index is 2.35. The molecule has 0 aromatic carbocycles. The lowest BCUT2D eigenvalue weighted by molar-refractivity contribution is -0.0497. The van der Waals surface area contributed by atoms with Crippen LogP contribution in [0.2, 0.25) is 0 Å². The highest BCUT2D eigenvalue weighted by atomic mass is 16.7. The van der Waals surface area contributed by atoms with Crippen LogP contribution in [0.15, 0.2) is 11.6 Å². The maximum absolute atomic E-state index is 5.68. The monoisotopic (exact) mass is 214 g/mol. The van der Waals surface area contributed by atoms with Crippen molar-refractivity contribution in [3.8, 4) is 0 Å². The Hall–Kier alpha value is -0.380. The molecule has 3 heteroatoms. The first-order valence-electron chi connectivity index (χ1n) is 5.55. The van der Waals surface area contributed by atoms with Gasteiger partial charge in [-0.1, -0.05) is 19.9 Å². The zero-order valence-electron chi connectivity index (χ0n) is 10.2. The van der Waals surface area contributed by atoms with Crippen molar-refractivity contribution in [3.63, 3.8) is 0 Å². The van der Waals surface area contributed by atoms with E-state index >= 15 is 0 Å². The lowest BCUT2D eigenvalue weighted by Crippen LogP contribution is -2.12. The largest absolute Gasteiger partial charge is 0.373 e. The molecule has 0 bridgehead atoms. The first kappa shape index (κ1) is 12.7. The molecule has 88 valence electrons. The van der Waals surface area contributed by atoms with Gasteiger partial charge in [0.25, 0.3) is 0 Å². The summed E-state index contributed by atoms with van der Waals surface area (Å²) in [6.07, 6.45) is 3.67. The third kappa shape index (κ3) is 4.33. The van der Waals surface area contributed by atoms with Crippen LogP contribution in [0.5, 0.6) is 0 Å². The lowest BCUT2D eigenvalue weighted by Gasteiger charge is -2.11. The second-order valence-corrected chi connectivity index (χ2v) is 4.40. The normalized spacial score (nSPS) is 26.5. The summed E-state index contributed by atoms with van der Waals surface area (Å²) in [5.74, 6) is 0.589. The summed E-state index contributed by atoms with van der Waals surface area (Å²) in [5.41, 5.74) is 1.34. The number of ether oxygens (including phenoxy) is 3. The molecular formula is C12H22O3. The number of hydrogen-bond donors (Lipinski definition) is 0. The van der Waals surface area contributed by atoms with Gasteiger partial charge in [-0.25, -0.2) is 0 Å². The van der Waals surface area contributed by atoms with E-state index in [4.69, 9.17) is 14.2 Å². The molecule has 3 nitrogen and oxygen atoms in total. The van der Waals surface area contributed by atoms with Crippen LogP contribution in [-0.4, -0.2) is 32.7 Å². The van der Waals surface area contributed by atoms with Crippen LogP contribution in [0.25, 0.3) is 0 Å². The Labute approximate surface area is 92.4 Å². The zero-order chi connectivity index (χ0) is 11.3. The average Bonchev–Trinajstić information content (AvgIpc) is 2.63. The fourth-order valence-electron chi connectivity index (χ4n) is 1.69. The van der Waals surface area contributed by atoms with E-state index < -0.39 is 0 Å². The van der Waals surface area contributed by atoms with Crippen molar-refractivity contribution in [2.24, 2.45) is 5.92 Å². The molecule has 0 radical (unpaired) electrons. The molecule has 0 saturated carbocycles. The molecule has 0 amide bonds. The molecule has 2 atom stereocenters. The molecule has 1 aliphatic rings. The predicted octanol–water partition coefficient (Wildman–Crippen LogP) is 2.37. The molecule has 0 aromatic heterocycles. The molecule has 1 heterocycles. The van der Waals surface area contributed by atoms with Crippen LogP contribution >= 0.6 is 0 Å². The van der Waals surface area contributed by atoms with E-state index in [0.29, 0.717) is 18.8 Å². The Kier molecular flexibility index (Phi) is 5.29. The fraction of sp³-hybridized carbons (Fsp3) is 0.833. The van der Waals surface area contributed by atoms with E-state index in [1.807, 2.05) is 6.92 Å². The van der Waals surface area contributed by atoms with E-state index in [9.17, 15) is 0 Å². The van der Waals surface area contributed by atoms with Crippen LogP contribution < -0.4 is 0 Å². The van der Waals surface area contributed by atoms with Crippen molar-refractivity contribution in [3.05, 3.63) is 11.6 Å². The van der Waals surface area contributed by atoms with Gasteiger partial charge in [-0.05, 0) is 24.8 Å². The van der Waals surface area contributed by atoms with E-state index in [1.54, 1.807) is 7.11 Å². The van der Waals surface area contributed by atoms with Gasteiger partial charge in [-0.15, -0.1) is 0 Å². The minimum absolute atomic E-state index is 0.106. The van der Waals surface area contributed by atoms with Crippen LogP contribution in [0.4, 0.5) is 0 Å². The second kappa shape index (κ2) is 6.26. The molecule has 0 spiro atoms. The Morgan fingerprint density at radius 1 is 1.47 bits per heavy atom. The van der Waals surface area contributed by atoms with E-state index in [-0.39, 0.29) is 6.10 Å². The third-order valence-electron chi connectivity index (χ3n) is 2.61. The third-order valence-corrected chi connectivity index (χ3v) is 2.61. The van der Waals surface area contributed by atoms with E-state index in [1.165, 1.54) is 5.57 Å². The van der Waals surface area contributed by atoms with E-state index in [0.717, 1.165) is 13.0 Å². The van der Waals surface area contributed by atoms with Crippen LogP contribution in [0.3, 0.4) is 0 Å². The Morgan fingerprint density at radius 3 is 2.73 bits per heavy atom. The summed E-state index contributed by atoms with van der Waals surface area (Å²) in [4.78, 5) is 0. The van der Waals surface area contributed by atoms with Crippen molar-refractivity contribution in [1.29, 1.82) is 0 Å². The van der Waals surface area contributed by atoms with Gasteiger partial charge in [-0.2, -0.15) is 0 Å². The molecule has 1 rings (SSSR count). The molecule has 0 aromatic rings. The van der Waals surface area contributed by atoms with Gasteiger partial charge in [0.1, 0.15) is 6.79 Å². The molecule has 0 aliphatic carbocycles. The van der Waals surface area contributed by atoms with Crippen LogP contribution in [0, 0.1) is 5.92 Å². The quantitative estimate of drug-likeness (QED) is 0.519. The fourth-order valence-corrected chi connectivity index (χ4v) is 1.69.